The number of fused-ring (bicyclic) bond motifs is 1. The number of rotatable bonds is 5. The quantitative estimate of drug-likeness (QED) is 0.684. The maximum atomic E-state index is 12.5. The van der Waals surface area contributed by atoms with E-state index < -0.39 is 0 Å². The summed E-state index contributed by atoms with van der Waals surface area (Å²) in [6, 6.07) is 18.9. The first-order chi connectivity index (χ1) is 11.7. The van der Waals surface area contributed by atoms with Gasteiger partial charge in [0.05, 0.1) is 5.56 Å². The molecular formula is C21H21NO2. The van der Waals surface area contributed by atoms with Crippen LogP contribution in [0.1, 0.15) is 35.7 Å². The topological polar surface area (TPSA) is 49.3 Å². The molecule has 3 aromatic carbocycles. The number of hydrogen-bond acceptors (Lipinski definition) is 2. The van der Waals surface area contributed by atoms with E-state index in [4.69, 9.17) is 0 Å². The molecule has 2 N–H and O–H groups in total. The lowest BCUT2D eigenvalue weighted by atomic mass is 10.0. The van der Waals surface area contributed by atoms with E-state index in [1.807, 2.05) is 48.5 Å². The molecule has 0 bridgehead atoms. The first-order valence-electron chi connectivity index (χ1n) is 8.29. The van der Waals surface area contributed by atoms with Crippen molar-refractivity contribution in [2.45, 2.75) is 26.2 Å². The number of phenolic OH excluding ortho intramolecular Hbond substituents is 1. The number of hydrogen-bond donors (Lipinski definition) is 2. The van der Waals surface area contributed by atoms with Gasteiger partial charge in [0, 0.05) is 5.69 Å². The second kappa shape index (κ2) is 7.18. The molecule has 0 aliphatic rings. The van der Waals surface area contributed by atoms with E-state index in [1.54, 1.807) is 12.1 Å². The average Bonchev–Trinajstić information content (AvgIpc) is 2.60. The van der Waals surface area contributed by atoms with Crippen LogP contribution in [0.5, 0.6) is 5.75 Å². The summed E-state index contributed by atoms with van der Waals surface area (Å²) in [5.41, 5.74) is 2.28. The maximum absolute atomic E-state index is 12.5. The van der Waals surface area contributed by atoms with E-state index in [0.29, 0.717) is 0 Å². The first-order valence-corrected chi connectivity index (χ1v) is 8.29. The fraction of sp³-hybridized carbons (Fsp3) is 0.190. The molecule has 3 heteroatoms. The van der Waals surface area contributed by atoms with Crippen molar-refractivity contribution in [3.8, 4) is 5.75 Å². The van der Waals surface area contributed by atoms with Crippen molar-refractivity contribution in [3.63, 3.8) is 0 Å². The minimum absolute atomic E-state index is 0.00855. The van der Waals surface area contributed by atoms with Gasteiger partial charge in [-0.3, -0.25) is 4.79 Å². The van der Waals surface area contributed by atoms with Crippen LogP contribution < -0.4 is 5.32 Å². The van der Waals surface area contributed by atoms with Crippen LogP contribution >= 0.6 is 0 Å². The van der Waals surface area contributed by atoms with Gasteiger partial charge in [0.2, 0.25) is 0 Å². The fourth-order valence-electron chi connectivity index (χ4n) is 2.74. The standard InChI is InChI=1S/C21H21NO2/c1-2-3-6-15-9-11-18(12-10-15)22-21(24)19-13-16-7-4-5-8-17(16)14-20(19)23/h4-5,7-14,23H,2-3,6H2,1H3,(H,22,24). The van der Waals surface area contributed by atoms with Crippen molar-refractivity contribution in [2.24, 2.45) is 0 Å². The lowest BCUT2D eigenvalue weighted by Crippen LogP contribution is -2.12. The molecule has 24 heavy (non-hydrogen) atoms. The van der Waals surface area contributed by atoms with E-state index in [2.05, 4.69) is 12.2 Å². The van der Waals surface area contributed by atoms with Crippen LogP contribution in [-0.4, -0.2) is 11.0 Å². The molecule has 3 nitrogen and oxygen atoms in total. The summed E-state index contributed by atoms with van der Waals surface area (Å²) < 4.78 is 0. The van der Waals surface area contributed by atoms with Crippen molar-refractivity contribution < 1.29 is 9.90 Å². The van der Waals surface area contributed by atoms with Crippen LogP contribution in [0.15, 0.2) is 60.7 Å². The number of nitrogens with one attached hydrogen (secondary N) is 1. The molecule has 0 unspecified atom stereocenters. The lowest BCUT2D eigenvalue weighted by molar-refractivity contribution is 0.102. The summed E-state index contributed by atoms with van der Waals surface area (Å²) in [6.07, 6.45) is 3.38. The predicted molar refractivity (Wildman–Crippen MR) is 98.6 cm³/mol. The van der Waals surface area contributed by atoms with Gasteiger partial charge in [0.25, 0.3) is 5.91 Å². The van der Waals surface area contributed by atoms with E-state index in [1.165, 1.54) is 12.0 Å². The Labute approximate surface area is 142 Å². The van der Waals surface area contributed by atoms with Gasteiger partial charge in [-0.15, -0.1) is 0 Å². The van der Waals surface area contributed by atoms with Crippen molar-refractivity contribution >= 4 is 22.4 Å². The van der Waals surface area contributed by atoms with Crippen molar-refractivity contribution in [1.29, 1.82) is 0 Å². The number of carbonyl (C=O) groups excluding carboxylic acids is 1. The van der Waals surface area contributed by atoms with Gasteiger partial charge in [0.1, 0.15) is 5.75 Å². The number of unbranched alkanes of at least 4 members (excludes halogenated alkanes) is 1. The van der Waals surface area contributed by atoms with Gasteiger partial charge in [-0.2, -0.15) is 0 Å². The van der Waals surface area contributed by atoms with Crippen LogP contribution in [0.3, 0.4) is 0 Å². The summed E-state index contributed by atoms with van der Waals surface area (Å²) in [7, 11) is 0. The number of phenols is 1. The Morgan fingerprint density at radius 3 is 2.33 bits per heavy atom. The third-order valence-electron chi connectivity index (χ3n) is 4.14. The van der Waals surface area contributed by atoms with Crippen LogP contribution in [-0.2, 0) is 6.42 Å². The van der Waals surface area contributed by atoms with E-state index in [9.17, 15) is 9.90 Å². The number of benzene rings is 3. The molecular weight excluding hydrogens is 298 g/mol. The second-order valence-corrected chi connectivity index (χ2v) is 5.97. The SMILES string of the molecule is CCCCc1ccc(NC(=O)c2cc3ccccc3cc2O)cc1. The van der Waals surface area contributed by atoms with Crippen LogP contribution in [0.2, 0.25) is 0 Å². The Hall–Kier alpha value is -2.81. The van der Waals surface area contributed by atoms with Crippen LogP contribution in [0, 0.1) is 0 Å². The summed E-state index contributed by atoms with van der Waals surface area (Å²) >= 11 is 0. The van der Waals surface area contributed by atoms with Gasteiger partial charge in [-0.05, 0) is 53.4 Å². The lowest BCUT2D eigenvalue weighted by Gasteiger charge is -2.09. The molecule has 0 aliphatic carbocycles. The Morgan fingerprint density at radius 1 is 1.00 bits per heavy atom. The van der Waals surface area contributed by atoms with E-state index in [-0.39, 0.29) is 17.2 Å². The highest BCUT2D eigenvalue weighted by molar-refractivity contribution is 6.08. The molecule has 3 rings (SSSR count). The maximum Gasteiger partial charge on any atom is 0.259 e. The van der Waals surface area contributed by atoms with Crippen molar-refractivity contribution in [1.82, 2.24) is 0 Å². The summed E-state index contributed by atoms with van der Waals surface area (Å²) in [5.74, 6) is -0.315. The van der Waals surface area contributed by atoms with E-state index >= 15 is 0 Å². The highest BCUT2D eigenvalue weighted by Gasteiger charge is 2.12. The molecule has 0 spiro atoms. The molecule has 0 aliphatic heterocycles. The Balaban J connectivity index is 1.78. The second-order valence-electron chi connectivity index (χ2n) is 5.97. The monoisotopic (exact) mass is 319 g/mol. The molecule has 1 amide bonds. The van der Waals surface area contributed by atoms with Gasteiger partial charge < -0.3 is 10.4 Å². The minimum Gasteiger partial charge on any atom is -0.507 e. The third-order valence-corrected chi connectivity index (χ3v) is 4.14. The van der Waals surface area contributed by atoms with Gasteiger partial charge in [-0.25, -0.2) is 0 Å². The molecule has 3 aromatic rings. The highest BCUT2D eigenvalue weighted by Crippen LogP contribution is 2.26. The summed E-state index contributed by atoms with van der Waals surface area (Å²) in [4.78, 5) is 12.5. The number of anilines is 1. The number of aromatic hydroxyl groups is 1. The summed E-state index contributed by atoms with van der Waals surface area (Å²) in [6.45, 7) is 2.17. The Bertz CT molecular complexity index is 853. The molecule has 0 atom stereocenters. The zero-order chi connectivity index (χ0) is 16.9. The predicted octanol–water partition coefficient (Wildman–Crippen LogP) is 5.14. The molecule has 0 saturated carbocycles. The highest BCUT2D eigenvalue weighted by atomic mass is 16.3. The van der Waals surface area contributed by atoms with E-state index in [0.717, 1.165) is 29.3 Å². The number of aryl methyl sites for hydroxylation is 1. The molecule has 0 fully saturated rings. The molecule has 0 aromatic heterocycles. The number of amides is 1. The first kappa shape index (κ1) is 16.1. The average molecular weight is 319 g/mol. The third kappa shape index (κ3) is 3.57. The summed E-state index contributed by atoms with van der Waals surface area (Å²) in [5, 5.41) is 14.8. The largest absolute Gasteiger partial charge is 0.507 e. The minimum atomic E-state index is -0.306. The van der Waals surface area contributed by atoms with Gasteiger partial charge in [0.15, 0.2) is 0 Å². The Kier molecular flexibility index (Phi) is 4.80. The normalized spacial score (nSPS) is 10.7. The van der Waals surface area contributed by atoms with Gasteiger partial charge in [-0.1, -0.05) is 49.7 Å². The molecule has 0 heterocycles. The molecule has 0 saturated heterocycles. The zero-order valence-electron chi connectivity index (χ0n) is 13.8. The zero-order valence-corrected chi connectivity index (χ0v) is 13.8. The van der Waals surface area contributed by atoms with Crippen molar-refractivity contribution in [3.05, 3.63) is 71.8 Å². The smallest absolute Gasteiger partial charge is 0.259 e. The Morgan fingerprint density at radius 2 is 1.67 bits per heavy atom. The van der Waals surface area contributed by atoms with Crippen molar-refractivity contribution in [2.75, 3.05) is 5.32 Å². The van der Waals surface area contributed by atoms with Crippen LogP contribution in [0.4, 0.5) is 5.69 Å². The molecule has 122 valence electrons. The fourth-order valence-corrected chi connectivity index (χ4v) is 2.74. The molecule has 0 radical (unpaired) electrons. The number of carbonyl (C=O) groups is 1. The van der Waals surface area contributed by atoms with Gasteiger partial charge >= 0.3 is 0 Å². The van der Waals surface area contributed by atoms with Crippen LogP contribution in [0.25, 0.3) is 10.8 Å².